The van der Waals surface area contributed by atoms with Crippen LogP contribution in [0, 0.1) is 10.1 Å². The Morgan fingerprint density at radius 1 is 0.789 bits per heavy atom. The topological polar surface area (TPSA) is 156 Å². The molecule has 38 heavy (non-hydrogen) atoms. The quantitative estimate of drug-likeness (QED) is 0.202. The van der Waals surface area contributed by atoms with Crippen molar-refractivity contribution >= 4 is 33.6 Å². The number of nitro benzene ring substituents is 1. The molecule has 0 unspecified atom stereocenters. The third-order valence-electron chi connectivity index (χ3n) is 5.35. The van der Waals surface area contributed by atoms with Gasteiger partial charge < -0.3 is 28.8 Å². The zero-order valence-electron chi connectivity index (χ0n) is 21.2. The minimum Gasteiger partial charge on any atom is -0.504 e. The molecule has 2 N–H and O–H groups in total. The van der Waals surface area contributed by atoms with E-state index in [1.807, 2.05) is 0 Å². The highest BCUT2D eigenvalue weighted by Gasteiger charge is 2.24. The van der Waals surface area contributed by atoms with Gasteiger partial charge in [0.2, 0.25) is 5.75 Å². The monoisotopic (exact) mass is 546 g/mol. The number of hydrogen-bond donors (Lipinski definition) is 2. The molecule has 0 radical (unpaired) electrons. The SMILES string of the molecule is COc1ccc(S(=O)(=O)Nc2cc(C=Cc3cc(OC)c(OC)c(OC)c3)cc(O)c2OC)cc1[N+](=O)[O-]. The molecule has 0 aliphatic carbocycles. The molecular formula is C25H26N2O10S. The molecular weight excluding hydrogens is 520 g/mol. The van der Waals surface area contributed by atoms with E-state index >= 15 is 0 Å². The number of sulfonamides is 1. The van der Waals surface area contributed by atoms with E-state index in [1.54, 1.807) is 24.3 Å². The molecule has 0 bridgehead atoms. The number of benzene rings is 3. The summed E-state index contributed by atoms with van der Waals surface area (Å²) in [6.45, 7) is 0. The Bertz CT molecular complexity index is 1460. The number of nitrogens with zero attached hydrogens (tertiary/aromatic N) is 1. The first-order chi connectivity index (χ1) is 18.1. The fourth-order valence-corrected chi connectivity index (χ4v) is 4.67. The summed E-state index contributed by atoms with van der Waals surface area (Å²) in [5.41, 5.74) is 0.473. The second kappa shape index (κ2) is 11.6. The number of methoxy groups -OCH3 is 5. The standard InChI is InChI=1S/C25H26N2O10S/c1-33-21-9-8-17(14-19(21)27(29)30)38(31,32)26-18-10-15(11-20(28)24(18)36-4)6-7-16-12-22(34-2)25(37-5)23(13-16)35-3/h6-14,26,28H,1-5H3. The van der Waals surface area contributed by atoms with Crippen LogP contribution < -0.4 is 28.4 Å². The van der Waals surface area contributed by atoms with Gasteiger partial charge in [0.25, 0.3) is 10.0 Å². The second-order valence-electron chi connectivity index (χ2n) is 7.61. The van der Waals surface area contributed by atoms with Gasteiger partial charge in [0, 0.05) is 6.07 Å². The third kappa shape index (κ3) is 5.83. The molecule has 0 aliphatic rings. The molecule has 13 heteroatoms. The first kappa shape index (κ1) is 27.9. The predicted octanol–water partition coefficient (Wildman–Crippen LogP) is 4.31. The van der Waals surface area contributed by atoms with E-state index in [-0.39, 0.29) is 27.8 Å². The average Bonchev–Trinajstić information content (AvgIpc) is 2.90. The van der Waals surface area contributed by atoms with Crippen molar-refractivity contribution in [3.05, 3.63) is 63.7 Å². The Morgan fingerprint density at radius 3 is 1.84 bits per heavy atom. The highest BCUT2D eigenvalue weighted by Crippen LogP contribution is 2.40. The predicted molar refractivity (Wildman–Crippen MR) is 140 cm³/mol. The normalized spacial score (nSPS) is 11.2. The van der Waals surface area contributed by atoms with Crippen LogP contribution in [-0.4, -0.2) is 54.0 Å². The Balaban J connectivity index is 2.01. The maximum atomic E-state index is 13.1. The lowest BCUT2D eigenvalue weighted by molar-refractivity contribution is -0.386. The molecule has 0 atom stereocenters. The number of aromatic hydroxyl groups is 1. The van der Waals surface area contributed by atoms with Gasteiger partial charge in [-0.05, 0) is 47.5 Å². The largest absolute Gasteiger partial charge is 0.504 e. The van der Waals surface area contributed by atoms with Gasteiger partial charge in [-0.25, -0.2) is 8.42 Å². The van der Waals surface area contributed by atoms with Crippen LogP contribution in [0.4, 0.5) is 11.4 Å². The molecule has 3 aromatic rings. The van der Waals surface area contributed by atoms with Crippen LogP contribution in [0.25, 0.3) is 12.2 Å². The third-order valence-corrected chi connectivity index (χ3v) is 6.72. The van der Waals surface area contributed by atoms with Gasteiger partial charge in [-0.2, -0.15) is 0 Å². The summed E-state index contributed by atoms with van der Waals surface area (Å²) in [7, 11) is 2.64. The fraction of sp³-hybridized carbons (Fsp3) is 0.200. The van der Waals surface area contributed by atoms with Crippen LogP contribution in [0.1, 0.15) is 11.1 Å². The van der Waals surface area contributed by atoms with E-state index in [4.69, 9.17) is 23.7 Å². The smallest absolute Gasteiger partial charge is 0.312 e. The van der Waals surface area contributed by atoms with E-state index < -0.39 is 20.6 Å². The minimum atomic E-state index is -4.33. The van der Waals surface area contributed by atoms with Crippen LogP contribution in [0.5, 0.6) is 34.5 Å². The molecule has 3 aromatic carbocycles. The van der Waals surface area contributed by atoms with E-state index in [2.05, 4.69) is 4.72 Å². The van der Waals surface area contributed by atoms with Gasteiger partial charge in [0.1, 0.15) is 0 Å². The maximum Gasteiger partial charge on any atom is 0.312 e. The van der Waals surface area contributed by atoms with Crippen molar-refractivity contribution in [2.75, 3.05) is 40.3 Å². The van der Waals surface area contributed by atoms with Crippen molar-refractivity contribution in [2.45, 2.75) is 4.90 Å². The Kier molecular flexibility index (Phi) is 8.53. The molecule has 0 fully saturated rings. The lowest BCUT2D eigenvalue weighted by Gasteiger charge is -2.15. The summed E-state index contributed by atoms with van der Waals surface area (Å²) in [4.78, 5) is 10.2. The molecule has 0 aliphatic heterocycles. The second-order valence-corrected chi connectivity index (χ2v) is 9.29. The van der Waals surface area contributed by atoms with Crippen molar-refractivity contribution in [3.8, 4) is 34.5 Å². The van der Waals surface area contributed by atoms with Gasteiger partial charge in [-0.3, -0.25) is 14.8 Å². The van der Waals surface area contributed by atoms with E-state index in [9.17, 15) is 23.6 Å². The molecule has 202 valence electrons. The van der Waals surface area contributed by atoms with Gasteiger partial charge in [0.05, 0.1) is 51.1 Å². The Hall–Kier alpha value is -4.65. The summed E-state index contributed by atoms with van der Waals surface area (Å²) in [6.07, 6.45) is 3.31. The van der Waals surface area contributed by atoms with Crippen molar-refractivity contribution < 1.29 is 42.1 Å². The number of nitrogens with one attached hydrogen (secondary N) is 1. The minimum absolute atomic E-state index is 0.0875. The summed E-state index contributed by atoms with van der Waals surface area (Å²) < 4.78 is 54.6. The number of rotatable bonds is 11. The van der Waals surface area contributed by atoms with Gasteiger partial charge in [0.15, 0.2) is 28.7 Å². The first-order valence-corrected chi connectivity index (χ1v) is 12.3. The van der Waals surface area contributed by atoms with Crippen LogP contribution in [0.3, 0.4) is 0 Å². The number of hydrogen-bond acceptors (Lipinski definition) is 10. The number of anilines is 1. The highest BCUT2D eigenvalue weighted by molar-refractivity contribution is 7.92. The zero-order chi connectivity index (χ0) is 28.0. The molecule has 0 amide bonds. The molecule has 0 saturated heterocycles. The van der Waals surface area contributed by atoms with Crippen molar-refractivity contribution in [1.82, 2.24) is 0 Å². The lowest BCUT2D eigenvalue weighted by Crippen LogP contribution is -2.14. The molecule has 0 saturated carbocycles. The number of phenolic OH excluding ortho intramolecular Hbond substituents is 1. The van der Waals surface area contributed by atoms with Gasteiger partial charge >= 0.3 is 5.69 Å². The fourth-order valence-electron chi connectivity index (χ4n) is 3.60. The summed E-state index contributed by atoms with van der Waals surface area (Å²) in [5, 5.41) is 21.8. The summed E-state index contributed by atoms with van der Waals surface area (Å²) in [5.74, 6) is 0.726. The van der Waals surface area contributed by atoms with Crippen molar-refractivity contribution in [2.24, 2.45) is 0 Å². The van der Waals surface area contributed by atoms with Crippen LogP contribution in [0.15, 0.2) is 47.4 Å². The van der Waals surface area contributed by atoms with Gasteiger partial charge in [-0.15, -0.1) is 0 Å². The van der Waals surface area contributed by atoms with Crippen molar-refractivity contribution in [3.63, 3.8) is 0 Å². The van der Waals surface area contributed by atoms with Crippen LogP contribution in [-0.2, 0) is 10.0 Å². The number of nitro groups is 1. The summed E-state index contributed by atoms with van der Waals surface area (Å²) in [6, 6.07) is 9.45. The van der Waals surface area contributed by atoms with Gasteiger partial charge in [-0.1, -0.05) is 12.2 Å². The first-order valence-electron chi connectivity index (χ1n) is 10.8. The zero-order valence-corrected chi connectivity index (χ0v) is 22.0. The lowest BCUT2D eigenvalue weighted by atomic mass is 10.1. The maximum absolute atomic E-state index is 13.1. The Labute approximate surface area is 219 Å². The number of phenols is 1. The highest BCUT2D eigenvalue weighted by atomic mass is 32.2. The van der Waals surface area contributed by atoms with E-state index in [1.165, 1.54) is 53.7 Å². The molecule has 0 heterocycles. The molecule has 3 rings (SSSR count). The van der Waals surface area contributed by atoms with E-state index in [0.29, 0.717) is 28.4 Å². The van der Waals surface area contributed by atoms with Crippen LogP contribution in [0.2, 0.25) is 0 Å². The number of ether oxygens (including phenoxy) is 5. The molecule has 0 aromatic heterocycles. The van der Waals surface area contributed by atoms with Crippen LogP contribution >= 0.6 is 0 Å². The van der Waals surface area contributed by atoms with E-state index in [0.717, 1.165) is 12.1 Å². The Morgan fingerprint density at radius 2 is 1.34 bits per heavy atom. The molecule has 0 spiro atoms. The molecule has 12 nitrogen and oxygen atoms in total. The summed E-state index contributed by atoms with van der Waals surface area (Å²) >= 11 is 0. The average molecular weight is 547 g/mol. The van der Waals surface area contributed by atoms with Crippen molar-refractivity contribution in [1.29, 1.82) is 0 Å².